The second-order valence-corrected chi connectivity index (χ2v) is 5.91. The third kappa shape index (κ3) is 5.67. The maximum atomic E-state index is 12.8. The van der Waals surface area contributed by atoms with Gasteiger partial charge in [0.25, 0.3) is 0 Å². The first-order valence-corrected chi connectivity index (χ1v) is 7.93. The SMILES string of the molecule is COc1cc(CNC(C)Cc2cccc(C(F)(F)F)c2)cc(OC)c1. The molecular weight excluding hydrogens is 331 g/mol. The standard InChI is InChI=1S/C19H22F3NO2/c1-13(7-14-5-4-6-16(8-14)19(20,21)22)23-12-15-9-17(24-2)11-18(10-15)25-3/h4-6,8-11,13,23H,7,12H2,1-3H3. The third-order valence-electron chi connectivity index (χ3n) is 3.86. The molecule has 0 spiro atoms. The molecule has 136 valence electrons. The summed E-state index contributed by atoms with van der Waals surface area (Å²) in [6, 6.07) is 11.0. The number of halogens is 3. The van der Waals surface area contributed by atoms with Crippen molar-refractivity contribution in [1.29, 1.82) is 0 Å². The highest BCUT2D eigenvalue weighted by Gasteiger charge is 2.30. The van der Waals surface area contributed by atoms with E-state index in [1.54, 1.807) is 26.4 Å². The zero-order valence-electron chi connectivity index (χ0n) is 14.5. The van der Waals surface area contributed by atoms with Crippen molar-refractivity contribution in [2.75, 3.05) is 14.2 Å². The number of rotatable bonds is 7. The summed E-state index contributed by atoms with van der Waals surface area (Å²) in [4.78, 5) is 0. The number of hydrogen-bond acceptors (Lipinski definition) is 3. The highest BCUT2D eigenvalue weighted by molar-refractivity contribution is 5.38. The Morgan fingerprint density at radius 3 is 2.16 bits per heavy atom. The van der Waals surface area contributed by atoms with Gasteiger partial charge in [0.1, 0.15) is 11.5 Å². The molecular formula is C19H22F3NO2. The van der Waals surface area contributed by atoms with Crippen molar-refractivity contribution in [3.05, 3.63) is 59.2 Å². The van der Waals surface area contributed by atoms with Crippen LogP contribution in [0.25, 0.3) is 0 Å². The second kappa shape index (κ2) is 8.25. The fraction of sp³-hybridized carbons (Fsp3) is 0.368. The molecule has 3 nitrogen and oxygen atoms in total. The summed E-state index contributed by atoms with van der Waals surface area (Å²) < 4.78 is 48.8. The monoisotopic (exact) mass is 353 g/mol. The van der Waals surface area contributed by atoms with Gasteiger partial charge in [-0.1, -0.05) is 18.2 Å². The summed E-state index contributed by atoms with van der Waals surface area (Å²) in [6.45, 7) is 2.51. The molecule has 6 heteroatoms. The van der Waals surface area contributed by atoms with Crippen LogP contribution in [-0.2, 0) is 19.1 Å². The predicted octanol–water partition coefficient (Wildman–Crippen LogP) is 4.44. The van der Waals surface area contributed by atoms with E-state index in [0.717, 1.165) is 11.6 Å². The van der Waals surface area contributed by atoms with Crippen LogP contribution in [0.1, 0.15) is 23.6 Å². The van der Waals surface area contributed by atoms with Crippen molar-refractivity contribution >= 4 is 0 Å². The van der Waals surface area contributed by atoms with Gasteiger partial charge in [-0.05, 0) is 42.7 Å². The lowest BCUT2D eigenvalue weighted by molar-refractivity contribution is -0.137. The van der Waals surface area contributed by atoms with E-state index in [2.05, 4.69) is 5.32 Å². The maximum Gasteiger partial charge on any atom is 0.416 e. The van der Waals surface area contributed by atoms with Crippen LogP contribution in [0.15, 0.2) is 42.5 Å². The van der Waals surface area contributed by atoms with Gasteiger partial charge >= 0.3 is 6.18 Å². The fourth-order valence-corrected chi connectivity index (χ4v) is 2.56. The number of alkyl halides is 3. The number of methoxy groups -OCH3 is 2. The highest BCUT2D eigenvalue weighted by atomic mass is 19.4. The third-order valence-corrected chi connectivity index (χ3v) is 3.86. The van der Waals surface area contributed by atoms with Crippen LogP contribution < -0.4 is 14.8 Å². The molecule has 1 atom stereocenters. The number of hydrogen-bond donors (Lipinski definition) is 1. The Balaban J connectivity index is 1.98. The van der Waals surface area contributed by atoms with Crippen LogP contribution in [0.2, 0.25) is 0 Å². The van der Waals surface area contributed by atoms with Crippen molar-refractivity contribution in [3.8, 4) is 11.5 Å². The van der Waals surface area contributed by atoms with Gasteiger partial charge in [0.2, 0.25) is 0 Å². The Bertz CT molecular complexity index is 679. The lowest BCUT2D eigenvalue weighted by atomic mass is 10.0. The van der Waals surface area contributed by atoms with Gasteiger partial charge in [0.05, 0.1) is 19.8 Å². The molecule has 0 radical (unpaired) electrons. The van der Waals surface area contributed by atoms with Gasteiger partial charge in [0, 0.05) is 18.7 Å². The van der Waals surface area contributed by atoms with Gasteiger partial charge in [-0.25, -0.2) is 0 Å². The Hall–Kier alpha value is -2.21. The maximum absolute atomic E-state index is 12.8. The van der Waals surface area contributed by atoms with E-state index < -0.39 is 11.7 Å². The van der Waals surface area contributed by atoms with E-state index in [-0.39, 0.29) is 6.04 Å². The van der Waals surface area contributed by atoms with E-state index in [1.807, 2.05) is 19.1 Å². The number of ether oxygens (including phenoxy) is 2. The molecule has 0 saturated carbocycles. The lowest BCUT2D eigenvalue weighted by Gasteiger charge is -2.16. The molecule has 0 saturated heterocycles. The summed E-state index contributed by atoms with van der Waals surface area (Å²) in [5.41, 5.74) is 1.01. The van der Waals surface area contributed by atoms with E-state index >= 15 is 0 Å². The zero-order chi connectivity index (χ0) is 18.4. The van der Waals surface area contributed by atoms with Crippen LogP contribution in [0.3, 0.4) is 0 Å². The molecule has 1 unspecified atom stereocenters. The van der Waals surface area contributed by atoms with E-state index in [9.17, 15) is 13.2 Å². The second-order valence-electron chi connectivity index (χ2n) is 5.91. The summed E-state index contributed by atoms with van der Waals surface area (Å²) >= 11 is 0. The Morgan fingerprint density at radius 1 is 0.960 bits per heavy atom. The minimum absolute atomic E-state index is 0.0145. The molecule has 0 aromatic heterocycles. The molecule has 2 aromatic carbocycles. The van der Waals surface area contributed by atoms with Gasteiger partial charge in [-0.3, -0.25) is 0 Å². The molecule has 0 fully saturated rings. The Labute approximate surface area is 145 Å². The zero-order valence-corrected chi connectivity index (χ0v) is 14.5. The molecule has 1 N–H and O–H groups in total. The van der Waals surface area contributed by atoms with Crippen LogP contribution in [0.4, 0.5) is 13.2 Å². The van der Waals surface area contributed by atoms with Crippen LogP contribution in [0, 0.1) is 0 Å². The highest BCUT2D eigenvalue weighted by Crippen LogP contribution is 2.29. The largest absolute Gasteiger partial charge is 0.497 e. The van der Waals surface area contributed by atoms with Gasteiger partial charge in [-0.2, -0.15) is 13.2 Å². The van der Waals surface area contributed by atoms with Crippen molar-refractivity contribution in [2.45, 2.75) is 32.1 Å². The van der Waals surface area contributed by atoms with E-state index in [4.69, 9.17) is 9.47 Å². The van der Waals surface area contributed by atoms with Gasteiger partial charge < -0.3 is 14.8 Å². The fourth-order valence-electron chi connectivity index (χ4n) is 2.56. The van der Waals surface area contributed by atoms with Crippen molar-refractivity contribution in [3.63, 3.8) is 0 Å². The van der Waals surface area contributed by atoms with Crippen molar-refractivity contribution < 1.29 is 22.6 Å². The van der Waals surface area contributed by atoms with Crippen LogP contribution in [0.5, 0.6) is 11.5 Å². The average molecular weight is 353 g/mol. The Morgan fingerprint density at radius 2 is 1.60 bits per heavy atom. The summed E-state index contributed by atoms with van der Waals surface area (Å²) in [7, 11) is 3.17. The average Bonchev–Trinajstić information content (AvgIpc) is 2.59. The molecule has 2 rings (SSSR count). The molecule has 0 aliphatic rings. The quantitative estimate of drug-likeness (QED) is 0.798. The topological polar surface area (TPSA) is 30.5 Å². The van der Waals surface area contributed by atoms with Crippen LogP contribution in [-0.4, -0.2) is 20.3 Å². The lowest BCUT2D eigenvalue weighted by Crippen LogP contribution is -2.27. The molecule has 0 aliphatic heterocycles. The predicted molar refractivity (Wildman–Crippen MR) is 91.0 cm³/mol. The minimum atomic E-state index is -4.32. The van der Waals surface area contributed by atoms with E-state index in [1.165, 1.54) is 12.1 Å². The van der Waals surface area contributed by atoms with Crippen molar-refractivity contribution in [1.82, 2.24) is 5.32 Å². The molecule has 25 heavy (non-hydrogen) atoms. The minimum Gasteiger partial charge on any atom is -0.497 e. The van der Waals surface area contributed by atoms with Crippen LogP contribution >= 0.6 is 0 Å². The first-order chi connectivity index (χ1) is 11.8. The molecule has 0 bridgehead atoms. The van der Waals surface area contributed by atoms with Crippen molar-refractivity contribution in [2.24, 2.45) is 0 Å². The molecule has 0 amide bonds. The first kappa shape index (κ1) is 19.1. The first-order valence-electron chi connectivity index (χ1n) is 7.93. The number of nitrogens with one attached hydrogen (secondary N) is 1. The molecule has 0 heterocycles. The van der Waals surface area contributed by atoms with Gasteiger partial charge in [-0.15, -0.1) is 0 Å². The molecule has 0 aliphatic carbocycles. The smallest absolute Gasteiger partial charge is 0.416 e. The van der Waals surface area contributed by atoms with Gasteiger partial charge in [0.15, 0.2) is 0 Å². The van der Waals surface area contributed by atoms with E-state index in [0.29, 0.717) is 30.0 Å². The summed E-state index contributed by atoms with van der Waals surface area (Å²) in [5, 5.41) is 3.32. The Kier molecular flexibility index (Phi) is 6.31. The summed E-state index contributed by atoms with van der Waals surface area (Å²) in [5.74, 6) is 1.39. The normalized spacial score (nSPS) is 12.7. The summed E-state index contributed by atoms with van der Waals surface area (Å²) in [6.07, 6.45) is -3.81. The number of benzene rings is 2. The molecule has 2 aromatic rings.